The SMILES string of the molecule is CCc1ccc(C(N)=O)c(CC)c1O. The van der Waals surface area contributed by atoms with E-state index in [1.165, 1.54) is 0 Å². The maximum absolute atomic E-state index is 11.0. The summed E-state index contributed by atoms with van der Waals surface area (Å²) in [5.74, 6) is -0.272. The van der Waals surface area contributed by atoms with Crippen molar-refractivity contribution in [2.24, 2.45) is 5.73 Å². The predicted molar refractivity (Wildman–Crippen MR) is 55.4 cm³/mol. The fraction of sp³-hybridized carbons (Fsp3) is 0.364. The van der Waals surface area contributed by atoms with Gasteiger partial charge in [-0.25, -0.2) is 0 Å². The number of amides is 1. The molecule has 0 aromatic heterocycles. The Balaban J connectivity index is 3.35. The van der Waals surface area contributed by atoms with Gasteiger partial charge < -0.3 is 10.8 Å². The van der Waals surface area contributed by atoms with Gasteiger partial charge in [-0.2, -0.15) is 0 Å². The molecule has 0 atom stereocenters. The summed E-state index contributed by atoms with van der Waals surface area (Å²) < 4.78 is 0. The molecule has 1 amide bonds. The molecule has 0 aliphatic carbocycles. The van der Waals surface area contributed by atoms with Gasteiger partial charge in [0.15, 0.2) is 0 Å². The zero-order chi connectivity index (χ0) is 10.7. The molecule has 0 aliphatic rings. The molecule has 1 rings (SSSR count). The van der Waals surface area contributed by atoms with Crippen LogP contribution in [0, 0.1) is 0 Å². The van der Waals surface area contributed by atoms with Crippen LogP contribution in [-0.4, -0.2) is 11.0 Å². The smallest absolute Gasteiger partial charge is 0.249 e. The predicted octanol–water partition coefficient (Wildman–Crippen LogP) is 1.62. The number of phenols is 1. The van der Waals surface area contributed by atoms with Crippen molar-refractivity contribution in [2.75, 3.05) is 0 Å². The van der Waals surface area contributed by atoms with Crippen LogP contribution in [0.4, 0.5) is 0 Å². The lowest BCUT2D eigenvalue weighted by Crippen LogP contribution is -2.14. The zero-order valence-electron chi connectivity index (χ0n) is 8.50. The Morgan fingerprint density at radius 2 is 2.00 bits per heavy atom. The summed E-state index contributed by atoms with van der Waals surface area (Å²) >= 11 is 0. The molecular weight excluding hydrogens is 178 g/mol. The number of hydrogen-bond donors (Lipinski definition) is 2. The minimum absolute atomic E-state index is 0.214. The van der Waals surface area contributed by atoms with E-state index in [1.807, 2.05) is 13.8 Å². The number of carbonyl (C=O) groups is 1. The number of aryl methyl sites for hydroxylation is 1. The molecule has 0 unspecified atom stereocenters. The van der Waals surface area contributed by atoms with Gasteiger partial charge in [0.2, 0.25) is 5.91 Å². The molecule has 0 saturated heterocycles. The summed E-state index contributed by atoms with van der Waals surface area (Å²) in [5, 5.41) is 9.81. The number of hydrogen-bond acceptors (Lipinski definition) is 2. The molecule has 3 heteroatoms. The first-order chi connectivity index (χ1) is 6.61. The van der Waals surface area contributed by atoms with Crippen molar-refractivity contribution in [2.45, 2.75) is 26.7 Å². The van der Waals surface area contributed by atoms with Gasteiger partial charge in [-0.05, 0) is 24.5 Å². The largest absolute Gasteiger partial charge is 0.507 e. The first-order valence-corrected chi connectivity index (χ1v) is 4.75. The van der Waals surface area contributed by atoms with Crippen LogP contribution in [0.1, 0.15) is 35.3 Å². The molecule has 3 N–H and O–H groups in total. The number of rotatable bonds is 3. The summed E-state index contributed by atoms with van der Waals surface area (Å²) in [4.78, 5) is 11.0. The molecule has 1 aromatic carbocycles. The Bertz CT molecular complexity index is 359. The Morgan fingerprint density at radius 1 is 1.36 bits per heavy atom. The molecule has 14 heavy (non-hydrogen) atoms. The molecule has 0 aliphatic heterocycles. The zero-order valence-corrected chi connectivity index (χ0v) is 8.50. The highest BCUT2D eigenvalue weighted by Crippen LogP contribution is 2.26. The van der Waals surface area contributed by atoms with Crippen LogP contribution < -0.4 is 5.73 Å². The van der Waals surface area contributed by atoms with Crippen molar-refractivity contribution in [3.63, 3.8) is 0 Å². The minimum atomic E-state index is -0.486. The lowest BCUT2D eigenvalue weighted by atomic mass is 9.98. The topological polar surface area (TPSA) is 63.3 Å². The van der Waals surface area contributed by atoms with Crippen LogP contribution in [0.25, 0.3) is 0 Å². The number of phenolic OH excluding ortho intramolecular Hbond substituents is 1. The van der Waals surface area contributed by atoms with Crippen molar-refractivity contribution in [1.82, 2.24) is 0 Å². The van der Waals surface area contributed by atoms with E-state index >= 15 is 0 Å². The fourth-order valence-corrected chi connectivity index (χ4v) is 1.56. The number of benzene rings is 1. The third-order valence-corrected chi connectivity index (χ3v) is 2.37. The Hall–Kier alpha value is -1.51. The average Bonchev–Trinajstić information content (AvgIpc) is 2.17. The van der Waals surface area contributed by atoms with Gasteiger partial charge in [-0.15, -0.1) is 0 Å². The standard InChI is InChI=1S/C11H15NO2/c1-3-7-5-6-9(11(12)14)8(4-2)10(7)13/h5-6,13H,3-4H2,1-2H3,(H2,12,14). The van der Waals surface area contributed by atoms with Gasteiger partial charge in [-0.3, -0.25) is 4.79 Å². The minimum Gasteiger partial charge on any atom is -0.507 e. The van der Waals surface area contributed by atoms with E-state index in [0.717, 1.165) is 12.0 Å². The summed E-state index contributed by atoms with van der Waals surface area (Å²) in [6, 6.07) is 3.42. The van der Waals surface area contributed by atoms with Crippen LogP contribution >= 0.6 is 0 Å². The highest BCUT2D eigenvalue weighted by atomic mass is 16.3. The number of carbonyl (C=O) groups excluding carboxylic acids is 1. The molecule has 0 spiro atoms. The summed E-state index contributed by atoms with van der Waals surface area (Å²) in [6.07, 6.45) is 1.36. The Morgan fingerprint density at radius 3 is 2.43 bits per heavy atom. The van der Waals surface area contributed by atoms with Gasteiger partial charge in [0.05, 0.1) is 0 Å². The van der Waals surface area contributed by atoms with E-state index < -0.39 is 5.91 Å². The third-order valence-electron chi connectivity index (χ3n) is 2.37. The van der Waals surface area contributed by atoms with E-state index in [0.29, 0.717) is 17.5 Å². The normalized spacial score (nSPS) is 10.1. The maximum atomic E-state index is 11.0. The van der Waals surface area contributed by atoms with E-state index in [9.17, 15) is 9.90 Å². The van der Waals surface area contributed by atoms with Crippen LogP contribution in [0.3, 0.4) is 0 Å². The van der Waals surface area contributed by atoms with Crippen molar-refractivity contribution in [3.05, 3.63) is 28.8 Å². The first kappa shape index (κ1) is 10.6. The van der Waals surface area contributed by atoms with Crippen LogP contribution in [0.5, 0.6) is 5.75 Å². The molecule has 76 valence electrons. The molecule has 3 nitrogen and oxygen atoms in total. The number of primary amides is 1. The second-order valence-electron chi connectivity index (χ2n) is 3.17. The highest BCUT2D eigenvalue weighted by Gasteiger charge is 2.13. The maximum Gasteiger partial charge on any atom is 0.249 e. The van der Waals surface area contributed by atoms with E-state index in [-0.39, 0.29) is 5.75 Å². The van der Waals surface area contributed by atoms with Gasteiger partial charge in [0.25, 0.3) is 0 Å². The van der Waals surface area contributed by atoms with E-state index in [2.05, 4.69) is 0 Å². The Kier molecular flexibility index (Phi) is 3.12. The van der Waals surface area contributed by atoms with Gasteiger partial charge >= 0.3 is 0 Å². The molecule has 0 heterocycles. The fourth-order valence-electron chi connectivity index (χ4n) is 1.56. The summed E-state index contributed by atoms with van der Waals surface area (Å²) in [6.45, 7) is 3.85. The second-order valence-corrected chi connectivity index (χ2v) is 3.17. The molecule has 0 fully saturated rings. The van der Waals surface area contributed by atoms with Gasteiger partial charge in [0, 0.05) is 11.1 Å². The van der Waals surface area contributed by atoms with Gasteiger partial charge in [-0.1, -0.05) is 19.9 Å². The third kappa shape index (κ3) is 1.71. The molecule has 0 bridgehead atoms. The highest BCUT2D eigenvalue weighted by molar-refractivity contribution is 5.95. The van der Waals surface area contributed by atoms with Gasteiger partial charge in [0.1, 0.15) is 5.75 Å². The molecule has 0 radical (unpaired) electrons. The Labute approximate surface area is 83.6 Å². The summed E-state index contributed by atoms with van der Waals surface area (Å²) in [5.41, 5.74) is 7.12. The average molecular weight is 193 g/mol. The van der Waals surface area contributed by atoms with Crippen LogP contribution in [-0.2, 0) is 12.8 Å². The van der Waals surface area contributed by atoms with Crippen molar-refractivity contribution in [3.8, 4) is 5.75 Å². The number of nitrogens with two attached hydrogens (primary N) is 1. The number of aromatic hydroxyl groups is 1. The van der Waals surface area contributed by atoms with Crippen molar-refractivity contribution < 1.29 is 9.90 Å². The first-order valence-electron chi connectivity index (χ1n) is 4.75. The monoisotopic (exact) mass is 193 g/mol. The van der Waals surface area contributed by atoms with Crippen molar-refractivity contribution in [1.29, 1.82) is 0 Å². The van der Waals surface area contributed by atoms with E-state index in [1.54, 1.807) is 12.1 Å². The molecular formula is C11H15NO2. The van der Waals surface area contributed by atoms with Crippen molar-refractivity contribution >= 4 is 5.91 Å². The molecule has 1 aromatic rings. The summed E-state index contributed by atoms with van der Waals surface area (Å²) in [7, 11) is 0. The van der Waals surface area contributed by atoms with Crippen LogP contribution in [0.15, 0.2) is 12.1 Å². The second kappa shape index (κ2) is 4.13. The quantitative estimate of drug-likeness (QED) is 0.766. The molecule has 0 saturated carbocycles. The lowest BCUT2D eigenvalue weighted by molar-refractivity contribution is 0.0999. The lowest BCUT2D eigenvalue weighted by Gasteiger charge is -2.10. The van der Waals surface area contributed by atoms with Crippen LogP contribution in [0.2, 0.25) is 0 Å². The van der Waals surface area contributed by atoms with E-state index in [4.69, 9.17) is 5.73 Å².